The second-order valence-electron chi connectivity index (χ2n) is 4.15. The van der Waals surface area contributed by atoms with Gasteiger partial charge in [0.25, 0.3) is 0 Å². The first kappa shape index (κ1) is 15.3. The lowest BCUT2D eigenvalue weighted by Crippen LogP contribution is -2.05. The summed E-state index contributed by atoms with van der Waals surface area (Å²) in [5.41, 5.74) is 0.527. The lowest BCUT2D eigenvalue weighted by molar-refractivity contribution is 0.0691. The van der Waals surface area contributed by atoms with Crippen molar-refractivity contribution in [2.45, 2.75) is 6.61 Å². The number of halogens is 2. The van der Waals surface area contributed by atoms with Crippen molar-refractivity contribution in [3.05, 3.63) is 62.5 Å². The molecule has 4 nitrogen and oxygen atoms in total. The average Bonchev–Trinajstić information content (AvgIpc) is 2.47. The molecular formula is C15H9FINO3. The SMILES string of the molecule is N#Cc1ccc(F)c(COc2ccc(I)cc2C(=O)O)c1. The summed E-state index contributed by atoms with van der Waals surface area (Å²) in [4.78, 5) is 11.2. The quantitative estimate of drug-likeness (QED) is 0.801. The molecule has 0 spiro atoms. The third-order valence-corrected chi connectivity index (χ3v) is 3.40. The molecule has 0 bridgehead atoms. The van der Waals surface area contributed by atoms with E-state index in [-0.39, 0.29) is 23.5 Å². The van der Waals surface area contributed by atoms with Crippen LogP contribution < -0.4 is 4.74 Å². The van der Waals surface area contributed by atoms with Gasteiger partial charge < -0.3 is 9.84 Å². The highest BCUT2D eigenvalue weighted by molar-refractivity contribution is 14.1. The van der Waals surface area contributed by atoms with Crippen LogP contribution in [-0.2, 0) is 6.61 Å². The number of rotatable bonds is 4. The van der Waals surface area contributed by atoms with Crippen LogP contribution in [0.25, 0.3) is 0 Å². The summed E-state index contributed by atoms with van der Waals surface area (Å²) in [7, 11) is 0. The number of benzene rings is 2. The molecule has 2 aromatic rings. The zero-order chi connectivity index (χ0) is 15.4. The molecule has 2 rings (SSSR count). The van der Waals surface area contributed by atoms with Crippen molar-refractivity contribution in [3.63, 3.8) is 0 Å². The van der Waals surface area contributed by atoms with Crippen molar-refractivity contribution in [1.29, 1.82) is 5.26 Å². The van der Waals surface area contributed by atoms with Crippen molar-refractivity contribution < 1.29 is 19.0 Å². The molecule has 0 amide bonds. The number of hydrogen-bond donors (Lipinski definition) is 1. The van der Waals surface area contributed by atoms with Crippen molar-refractivity contribution in [1.82, 2.24) is 0 Å². The third kappa shape index (κ3) is 3.70. The Bertz CT molecular complexity index is 740. The maximum atomic E-state index is 13.6. The van der Waals surface area contributed by atoms with Crippen LogP contribution in [-0.4, -0.2) is 11.1 Å². The molecule has 2 aromatic carbocycles. The van der Waals surface area contributed by atoms with Crippen LogP contribution in [0, 0.1) is 20.7 Å². The van der Waals surface area contributed by atoms with Gasteiger partial charge >= 0.3 is 5.97 Å². The van der Waals surface area contributed by atoms with Crippen LogP contribution in [0.2, 0.25) is 0 Å². The van der Waals surface area contributed by atoms with Gasteiger partial charge in [-0.15, -0.1) is 0 Å². The Balaban J connectivity index is 2.25. The predicted octanol–water partition coefficient (Wildman–Crippen LogP) is 3.58. The normalized spacial score (nSPS) is 9.95. The summed E-state index contributed by atoms with van der Waals surface area (Å²) in [6.07, 6.45) is 0. The Morgan fingerprint density at radius 3 is 2.76 bits per heavy atom. The van der Waals surface area contributed by atoms with E-state index in [0.717, 1.165) is 3.57 Å². The molecule has 0 radical (unpaired) electrons. The maximum Gasteiger partial charge on any atom is 0.339 e. The fraction of sp³-hybridized carbons (Fsp3) is 0.0667. The van der Waals surface area contributed by atoms with Crippen LogP contribution in [0.5, 0.6) is 5.75 Å². The lowest BCUT2D eigenvalue weighted by atomic mass is 10.1. The third-order valence-electron chi connectivity index (χ3n) is 2.73. The van der Waals surface area contributed by atoms with E-state index in [9.17, 15) is 9.18 Å². The van der Waals surface area contributed by atoms with Crippen molar-refractivity contribution in [2.24, 2.45) is 0 Å². The minimum atomic E-state index is -1.12. The van der Waals surface area contributed by atoms with Gasteiger partial charge in [0, 0.05) is 9.13 Å². The molecule has 0 heterocycles. The summed E-state index contributed by atoms with van der Waals surface area (Å²) < 4.78 is 19.8. The van der Waals surface area contributed by atoms with Crippen molar-refractivity contribution >= 4 is 28.6 Å². The Labute approximate surface area is 133 Å². The molecule has 0 aliphatic heterocycles. The second-order valence-corrected chi connectivity index (χ2v) is 5.40. The lowest BCUT2D eigenvalue weighted by Gasteiger charge is -2.10. The number of hydrogen-bond acceptors (Lipinski definition) is 3. The highest BCUT2D eigenvalue weighted by atomic mass is 127. The molecule has 0 aromatic heterocycles. The molecule has 0 fully saturated rings. The fourth-order valence-corrected chi connectivity index (χ4v) is 2.20. The number of carboxylic acid groups (broad SMARTS) is 1. The maximum absolute atomic E-state index is 13.6. The van der Waals surface area contributed by atoms with Gasteiger partial charge in [0.05, 0.1) is 11.6 Å². The van der Waals surface area contributed by atoms with Crippen LogP contribution in [0.4, 0.5) is 4.39 Å². The zero-order valence-electron chi connectivity index (χ0n) is 10.6. The summed E-state index contributed by atoms with van der Waals surface area (Å²) in [6.45, 7) is -0.151. The van der Waals surface area contributed by atoms with Crippen LogP contribution in [0.1, 0.15) is 21.5 Å². The first-order valence-corrected chi connectivity index (χ1v) is 6.93. The number of carbonyl (C=O) groups is 1. The van der Waals surface area contributed by atoms with Crippen LogP contribution in [0.15, 0.2) is 36.4 Å². The largest absolute Gasteiger partial charge is 0.488 e. The van der Waals surface area contributed by atoms with E-state index in [1.165, 1.54) is 30.3 Å². The van der Waals surface area contributed by atoms with Gasteiger partial charge in [-0.05, 0) is 59.0 Å². The van der Waals surface area contributed by atoms with Gasteiger partial charge in [-0.3, -0.25) is 0 Å². The molecule has 6 heteroatoms. The van der Waals surface area contributed by atoms with E-state index in [0.29, 0.717) is 5.56 Å². The average molecular weight is 397 g/mol. The topological polar surface area (TPSA) is 70.3 Å². The highest BCUT2D eigenvalue weighted by Gasteiger charge is 2.13. The molecule has 0 unspecified atom stereocenters. The molecule has 1 N–H and O–H groups in total. The van der Waals surface area contributed by atoms with E-state index in [1.807, 2.05) is 28.7 Å². The second kappa shape index (κ2) is 6.54. The van der Waals surface area contributed by atoms with Gasteiger partial charge in [0.2, 0.25) is 0 Å². The standard InChI is InChI=1S/C15H9FINO3/c16-13-3-1-9(7-18)5-10(13)8-21-14-4-2-11(17)6-12(14)15(19)20/h1-6H,8H2,(H,19,20). The Morgan fingerprint density at radius 1 is 1.33 bits per heavy atom. The van der Waals surface area contributed by atoms with Gasteiger partial charge in [-0.25, -0.2) is 9.18 Å². The number of ether oxygens (including phenoxy) is 1. The number of nitrogens with zero attached hydrogens (tertiary/aromatic N) is 1. The molecule has 0 saturated heterocycles. The molecule has 0 aliphatic carbocycles. The monoisotopic (exact) mass is 397 g/mol. The minimum absolute atomic E-state index is 0.0127. The molecule has 0 saturated carbocycles. The van der Waals surface area contributed by atoms with E-state index in [2.05, 4.69) is 0 Å². The Morgan fingerprint density at radius 2 is 2.10 bits per heavy atom. The van der Waals surface area contributed by atoms with E-state index in [4.69, 9.17) is 15.1 Å². The molecule has 106 valence electrons. The summed E-state index contributed by atoms with van der Waals surface area (Å²) >= 11 is 2.00. The molecule has 0 atom stereocenters. The van der Waals surface area contributed by atoms with Gasteiger partial charge in [-0.2, -0.15) is 5.26 Å². The van der Waals surface area contributed by atoms with Crippen LogP contribution >= 0.6 is 22.6 Å². The Kier molecular flexibility index (Phi) is 4.75. The first-order valence-electron chi connectivity index (χ1n) is 5.85. The van der Waals surface area contributed by atoms with Crippen molar-refractivity contribution in [2.75, 3.05) is 0 Å². The van der Waals surface area contributed by atoms with E-state index < -0.39 is 11.8 Å². The number of aromatic carboxylic acids is 1. The summed E-state index contributed by atoms with van der Waals surface area (Å²) in [5, 5.41) is 17.9. The first-order chi connectivity index (χ1) is 10.0. The van der Waals surface area contributed by atoms with E-state index >= 15 is 0 Å². The molecule has 0 aliphatic rings. The van der Waals surface area contributed by atoms with Crippen LogP contribution in [0.3, 0.4) is 0 Å². The summed E-state index contributed by atoms with van der Waals surface area (Å²) in [5.74, 6) is -1.46. The minimum Gasteiger partial charge on any atom is -0.488 e. The smallest absolute Gasteiger partial charge is 0.339 e. The highest BCUT2D eigenvalue weighted by Crippen LogP contribution is 2.23. The zero-order valence-corrected chi connectivity index (χ0v) is 12.8. The molecular weight excluding hydrogens is 388 g/mol. The molecule has 21 heavy (non-hydrogen) atoms. The van der Waals surface area contributed by atoms with Crippen molar-refractivity contribution in [3.8, 4) is 11.8 Å². The predicted molar refractivity (Wildman–Crippen MR) is 81.6 cm³/mol. The summed E-state index contributed by atoms with van der Waals surface area (Å²) in [6, 6.07) is 10.5. The van der Waals surface area contributed by atoms with Gasteiger partial charge in [0.15, 0.2) is 0 Å². The number of carboxylic acids is 1. The van der Waals surface area contributed by atoms with Gasteiger partial charge in [-0.1, -0.05) is 0 Å². The van der Waals surface area contributed by atoms with Gasteiger partial charge in [0.1, 0.15) is 23.7 Å². The number of nitriles is 1. The van der Waals surface area contributed by atoms with E-state index in [1.54, 1.807) is 6.07 Å². The Hall–Kier alpha value is -2.14. The fourth-order valence-electron chi connectivity index (χ4n) is 1.71.